The molecule has 0 aliphatic rings. The van der Waals surface area contributed by atoms with Gasteiger partial charge < -0.3 is 0 Å². The van der Waals surface area contributed by atoms with Crippen molar-refractivity contribution < 1.29 is 95.3 Å². The Labute approximate surface area is 227 Å². The number of hydrogen-bond acceptors (Lipinski definition) is 1. The van der Waals surface area contributed by atoms with Gasteiger partial charge in [0.15, 0.2) is 0 Å². The van der Waals surface area contributed by atoms with E-state index in [1.54, 1.807) is 0 Å². The van der Waals surface area contributed by atoms with E-state index in [4.69, 9.17) is 0 Å². The average Bonchev–Trinajstić information content (AvgIpc) is 2.66. The van der Waals surface area contributed by atoms with Crippen molar-refractivity contribution in [2.75, 3.05) is 6.61 Å². The van der Waals surface area contributed by atoms with E-state index < -0.39 is 106 Å². The van der Waals surface area contributed by atoms with Crippen LogP contribution in [0.1, 0.15) is 58.3 Å². The molecule has 42 heavy (non-hydrogen) atoms. The van der Waals surface area contributed by atoms with Crippen molar-refractivity contribution in [1.29, 1.82) is 0 Å². The summed E-state index contributed by atoms with van der Waals surface area (Å²) in [7, 11) is 0. The summed E-state index contributed by atoms with van der Waals surface area (Å²) in [5, 5.41) is 0. The van der Waals surface area contributed by atoms with Gasteiger partial charge in [0.2, 0.25) is 0 Å². The van der Waals surface area contributed by atoms with Gasteiger partial charge in [-0.15, -0.1) is 0 Å². The molecular formula is C19H21F21OSn. The van der Waals surface area contributed by atoms with Crippen LogP contribution in [0.15, 0.2) is 0 Å². The Bertz CT molecular complexity index is 759. The van der Waals surface area contributed by atoms with E-state index in [2.05, 4.69) is 3.07 Å². The van der Waals surface area contributed by atoms with Gasteiger partial charge in [-0.05, 0) is 0 Å². The topological polar surface area (TPSA) is 9.23 Å². The maximum atomic E-state index is 15.1. The van der Waals surface area contributed by atoms with Crippen LogP contribution in [0.25, 0.3) is 0 Å². The molecule has 0 bridgehead atoms. The minimum atomic E-state index is -11.7. The SMILES string of the molecule is CCCCCCC[O][Sn]([C](F)(F)C(F)(F)CC(F)(F)F)([C](F)(F)C(F)(F)CC(F)(F)F)[C](F)(F)C(F)(F)CC(F)(F)F. The van der Waals surface area contributed by atoms with Crippen LogP contribution in [0.4, 0.5) is 92.2 Å². The molecule has 0 atom stereocenters. The zero-order chi connectivity index (χ0) is 34.1. The summed E-state index contributed by atoms with van der Waals surface area (Å²) in [6, 6.07) is 0. The maximum absolute atomic E-state index is 15.1. The van der Waals surface area contributed by atoms with Gasteiger partial charge in [0.05, 0.1) is 0 Å². The molecule has 0 saturated heterocycles. The van der Waals surface area contributed by atoms with E-state index in [0.717, 1.165) is 0 Å². The Morgan fingerprint density at radius 2 is 0.667 bits per heavy atom. The normalized spacial score (nSPS) is 15.9. The number of unbranched alkanes of at least 4 members (excludes halogenated alkanes) is 4. The number of halogens is 21. The quantitative estimate of drug-likeness (QED) is 0.0861. The zero-order valence-electron chi connectivity index (χ0n) is 20.7. The second-order valence-electron chi connectivity index (χ2n) is 9.16. The second kappa shape index (κ2) is 13.0. The molecule has 1 nitrogen and oxygen atoms in total. The molecule has 0 spiro atoms. The van der Waals surface area contributed by atoms with Crippen molar-refractivity contribution in [3.8, 4) is 0 Å². The predicted molar refractivity (Wildman–Crippen MR) is 102 cm³/mol. The van der Waals surface area contributed by atoms with Crippen LogP contribution in [0.3, 0.4) is 0 Å². The number of alkyl halides is 21. The fraction of sp³-hybridized carbons (Fsp3) is 1.00. The van der Waals surface area contributed by atoms with Gasteiger partial charge >= 0.3 is 227 Å². The molecular weight excluding hydrogens is 762 g/mol. The monoisotopic (exact) mass is 784 g/mol. The van der Waals surface area contributed by atoms with Crippen LogP contribution in [0.5, 0.6) is 0 Å². The first-order valence-electron chi connectivity index (χ1n) is 11.3. The van der Waals surface area contributed by atoms with Gasteiger partial charge in [-0.3, -0.25) is 0 Å². The van der Waals surface area contributed by atoms with Crippen LogP contribution in [0.2, 0.25) is 0 Å². The molecule has 0 aromatic heterocycles. The van der Waals surface area contributed by atoms with E-state index in [0.29, 0.717) is 6.42 Å². The molecule has 0 aliphatic carbocycles. The molecule has 0 aliphatic heterocycles. The van der Waals surface area contributed by atoms with E-state index in [1.807, 2.05) is 0 Å². The first-order valence-corrected chi connectivity index (χ1v) is 16.7. The van der Waals surface area contributed by atoms with Gasteiger partial charge in [-0.2, -0.15) is 0 Å². The van der Waals surface area contributed by atoms with Gasteiger partial charge in [-0.25, -0.2) is 0 Å². The van der Waals surface area contributed by atoms with Gasteiger partial charge in [0.25, 0.3) is 0 Å². The molecule has 0 rings (SSSR count). The molecule has 0 aromatic rings. The third kappa shape index (κ3) is 8.94. The van der Waals surface area contributed by atoms with E-state index in [1.165, 1.54) is 6.92 Å². The van der Waals surface area contributed by atoms with Crippen molar-refractivity contribution >= 4 is 18.8 Å². The van der Waals surface area contributed by atoms with Gasteiger partial charge in [0.1, 0.15) is 0 Å². The Kier molecular flexibility index (Phi) is 12.7. The second-order valence-corrected chi connectivity index (χ2v) is 19.2. The zero-order valence-corrected chi connectivity index (χ0v) is 23.6. The Morgan fingerprint density at radius 3 is 0.905 bits per heavy atom. The molecule has 0 aromatic carbocycles. The molecule has 0 heterocycles. The molecule has 0 amide bonds. The molecule has 0 saturated carbocycles. The number of rotatable bonds is 16. The van der Waals surface area contributed by atoms with Crippen molar-refractivity contribution in [3.63, 3.8) is 0 Å². The minimum absolute atomic E-state index is 0.121. The Balaban J connectivity index is 7.94. The van der Waals surface area contributed by atoms with E-state index in [9.17, 15) is 65.9 Å². The van der Waals surface area contributed by atoms with Crippen LogP contribution in [-0.2, 0) is 3.07 Å². The molecule has 0 radical (unpaired) electrons. The van der Waals surface area contributed by atoms with Crippen molar-refractivity contribution in [2.45, 2.75) is 106 Å². The third-order valence-electron chi connectivity index (χ3n) is 5.54. The van der Waals surface area contributed by atoms with Gasteiger partial charge in [0, 0.05) is 0 Å². The predicted octanol–water partition coefficient (Wildman–Crippen LogP) is 10.2. The first-order chi connectivity index (χ1) is 18.2. The molecule has 0 fully saturated rings. The standard InChI is InChI=1S/C7H15O.3C4H2F7.Sn/c1-2-3-4-5-6-7-8;3*5-2(6)3(7,8)1-4(9,10)11;/h2-7H2,1H3;3*1H2;/q-1;;;;+1. The molecule has 0 unspecified atom stereocenters. The van der Waals surface area contributed by atoms with Crippen LogP contribution < -0.4 is 0 Å². The summed E-state index contributed by atoms with van der Waals surface area (Å²) in [5.41, 5.74) is 0. The molecule has 23 heteroatoms. The summed E-state index contributed by atoms with van der Waals surface area (Å²) in [4.78, 5) is 0. The third-order valence-corrected chi connectivity index (χ3v) is 18.1. The summed E-state index contributed by atoms with van der Waals surface area (Å²) >= 11 is -11.7. The van der Waals surface area contributed by atoms with Crippen molar-refractivity contribution in [1.82, 2.24) is 0 Å². The van der Waals surface area contributed by atoms with Crippen LogP contribution >= 0.6 is 0 Å². The number of hydrogen-bond donors (Lipinski definition) is 0. The summed E-state index contributed by atoms with van der Waals surface area (Å²) in [6.07, 6.45) is -34.9. The first kappa shape index (κ1) is 41.3. The Morgan fingerprint density at radius 1 is 0.405 bits per heavy atom. The summed E-state index contributed by atoms with van der Waals surface area (Å²) in [5.74, 6) is -22.5. The summed E-state index contributed by atoms with van der Waals surface area (Å²) < 4.78 is 269. The van der Waals surface area contributed by atoms with E-state index >= 15 is 26.3 Å². The molecule has 0 N–H and O–H groups in total. The van der Waals surface area contributed by atoms with Crippen LogP contribution in [-0.4, -0.2) is 73.5 Å². The van der Waals surface area contributed by atoms with Crippen molar-refractivity contribution in [3.05, 3.63) is 0 Å². The average molecular weight is 783 g/mol. The molecule has 254 valence electrons. The Hall–Kier alpha value is -0.711. The fourth-order valence-corrected chi connectivity index (χ4v) is 15.0. The van der Waals surface area contributed by atoms with Crippen LogP contribution in [0, 0.1) is 0 Å². The fourth-order valence-electron chi connectivity index (χ4n) is 3.66. The summed E-state index contributed by atoms with van der Waals surface area (Å²) in [6.45, 7) is -0.860. The van der Waals surface area contributed by atoms with Gasteiger partial charge in [-0.1, -0.05) is 0 Å². The van der Waals surface area contributed by atoms with Crippen molar-refractivity contribution in [2.24, 2.45) is 0 Å². The van der Waals surface area contributed by atoms with E-state index in [-0.39, 0.29) is 12.8 Å².